The highest BCUT2D eigenvalue weighted by Gasteiger charge is 2.11. The van der Waals surface area contributed by atoms with Crippen molar-refractivity contribution < 1.29 is 0 Å². The molecule has 0 amide bonds. The molecule has 0 saturated heterocycles. The Labute approximate surface area is 89.9 Å². The number of nitrogens with two attached hydrogens (primary N) is 1. The largest absolute Gasteiger partial charge is 0.330 e. The summed E-state index contributed by atoms with van der Waals surface area (Å²) in [5.41, 5.74) is 5.66. The SMILES string of the molecule is CC(C)CN(CC(C)C)CC(C)CN. The monoisotopic (exact) mass is 200 g/mol. The highest BCUT2D eigenvalue weighted by atomic mass is 15.1. The van der Waals surface area contributed by atoms with Crippen LogP contribution in [0.5, 0.6) is 0 Å². The first-order chi connectivity index (χ1) is 6.45. The fourth-order valence-electron chi connectivity index (χ4n) is 1.77. The summed E-state index contributed by atoms with van der Waals surface area (Å²) in [5, 5.41) is 0. The van der Waals surface area contributed by atoms with Crippen LogP contribution in [0.25, 0.3) is 0 Å². The Hall–Kier alpha value is -0.0800. The number of rotatable bonds is 7. The molecule has 0 aromatic heterocycles. The lowest BCUT2D eigenvalue weighted by Gasteiger charge is -2.28. The minimum Gasteiger partial charge on any atom is -0.330 e. The van der Waals surface area contributed by atoms with Crippen LogP contribution in [0.4, 0.5) is 0 Å². The average Bonchev–Trinajstić information content (AvgIpc) is 2.01. The van der Waals surface area contributed by atoms with Crippen molar-refractivity contribution in [2.24, 2.45) is 23.5 Å². The van der Waals surface area contributed by atoms with Crippen molar-refractivity contribution in [2.45, 2.75) is 34.6 Å². The van der Waals surface area contributed by atoms with Crippen LogP contribution in [-0.4, -0.2) is 31.1 Å². The first kappa shape index (κ1) is 13.9. The summed E-state index contributed by atoms with van der Waals surface area (Å²) >= 11 is 0. The number of hydrogen-bond acceptors (Lipinski definition) is 2. The molecule has 0 radical (unpaired) electrons. The molecule has 0 heterocycles. The molecule has 1 unspecified atom stereocenters. The van der Waals surface area contributed by atoms with E-state index in [4.69, 9.17) is 5.73 Å². The fraction of sp³-hybridized carbons (Fsp3) is 1.00. The van der Waals surface area contributed by atoms with E-state index < -0.39 is 0 Å². The van der Waals surface area contributed by atoms with E-state index in [0.29, 0.717) is 5.92 Å². The summed E-state index contributed by atoms with van der Waals surface area (Å²) in [5.74, 6) is 2.12. The van der Waals surface area contributed by atoms with Crippen molar-refractivity contribution in [3.05, 3.63) is 0 Å². The molecule has 0 saturated carbocycles. The average molecular weight is 200 g/mol. The Bertz CT molecular complexity index is 122. The van der Waals surface area contributed by atoms with E-state index >= 15 is 0 Å². The Balaban J connectivity index is 3.96. The summed E-state index contributed by atoms with van der Waals surface area (Å²) in [6, 6.07) is 0. The molecule has 0 aliphatic carbocycles. The number of hydrogen-bond donors (Lipinski definition) is 1. The van der Waals surface area contributed by atoms with Gasteiger partial charge < -0.3 is 10.6 Å². The fourth-order valence-corrected chi connectivity index (χ4v) is 1.77. The Morgan fingerprint density at radius 3 is 1.57 bits per heavy atom. The van der Waals surface area contributed by atoms with Crippen molar-refractivity contribution in [1.29, 1.82) is 0 Å². The van der Waals surface area contributed by atoms with E-state index in [1.807, 2.05) is 0 Å². The van der Waals surface area contributed by atoms with E-state index in [0.717, 1.165) is 24.9 Å². The van der Waals surface area contributed by atoms with Gasteiger partial charge in [0.1, 0.15) is 0 Å². The highest BCUT2D eigenvalue weighted by Crippen LogP contribution is 2.06. The molecule has 2 N–H and O–H groups in total. The Kier molecular flexibility index (Phi) is 7.20. The zero-order valence-electron chi connectivity index (χ0n) is 10.6. The van der Waals surface area contributed by atoms with Gasteiger partial charge in [0.2, 0.25) is 0 Å². The maximum atomic E-state index is 5.66. The third-order valence-electron chi connectivity index (χ3n) is 2.22. The second kappa shape index (κ2) is 7.24. The van der Waals surface area contributed by atoms with Gasteiger partial charge in [-0.2, -0.15) is 0 Å². The minimum absolute atomic E-state index is 0.618. The first-order valence-electron chi connectivity index (χ1n) is 5.88. The molecule has 0 bridgehead atoms. The van der Waals surface area contributed by atoms with Crippen LogP contribution in [0.1, 0.15) is 34.6 Å². The zero-order chi connectivity index (χ0) is 11.1. The molecule has 0 aliphatic rings. The second-order valence-electron chi connectivity index (χ2n) is 5.35. The van der Waals surface area contributed by atoms with Gasteiger partial charge in [-0.25, -0.2) is 0 Å². The molecular formula is C12H28N2. The summed E-state index contributed by atoms with van der Waals surface area (Å²) < 4.78 is 0. The molecule has 2 heteroatoms. The number of nitrogens with zero attached hydrogens (tertiary/aromatic N) is 1. The van der Waals surface area contributed by atoms with Crippen LogP contribution in [0.3, 0.4) is 0 Å². The zero-order valence-corrected chi connectivity index (χ0v) is 10.6. The predicted molar refractivity (Wildman–Crippen MR) is 64.3 cm³/mol. The quantitative estimate of drug-likeness (QED) is 0.682. The topological polar surface area (TPSA) is 29.3 Å². The Morgan fingerprint density at radius 2 is 1.29 bits per heavy atom. The standard InChI is InChI=1S/C12H28N2/c1-10(2)7-14(8-11(3)4)9-12(5)6-13/h10-12H,6-9,13H2,1-5H3. The molecular weight excluding hydrogens is 172 g/mol. The molecule has 1 atom stereocenters. The van der Waals surface area contributed by atoms with Crippen LogP contribution in [0.2, 0.25) is 0 Å². The predicted octanol–water partition coefficient (Wildman–Crippen LogP) is 2.20. The van der Waals surface area contributed by atoms with Crippen molar-refractivity contribution in [2.75, 3.05) is 26.2 Å². The lowest BCUT2D eigenvalue weighted by atomic mass is 10.1. The molecule has 0 rings (SSSR count). The minimum atomic E-state index is 0.618. The molecule has 14 heavy (non-hydrogen) atoms. The van der Waals surface area contributed by atoms with Crippen LogP contribution >= 0.6 is 0 Å². The van der Waals surface area contributed by atoms with Crippen molar-refractivity contribution in [3.63, 3.8) is 0 Å². The van der Waals surface area contributed by atoms with E-state index in [9.17, 15) is 0 Å². The summed E-state index contributed by atoms with van der Waals surface area (Å²) in [7, 11) is 0. The normalized spacial score (nSPS) is 14.4. The summed E-state index contributed by atoms with van der Waals surface area (Å²) in [4.78, 5) is 2.55. The molecule has 86 valence electrons. The lowest BCUT2D eigenvalue weighted by molar-refractivity contribution is 0.194. The van der Waals surface area contributed by atoms with E-state index in [-0.39, 0.29) is 0 Å². The Morgan fingerprint density at radius 1 is 0.857 bits per heavy atom. The van der Waals surface area contributed by atoms with Gasteiger partial charge in [-0.3, -0.25) is 0 Å². The molecule has 2 nitrogen and oxygen atoms in total. The van der Waals surface area contributed by atoms with Gasteiger partial charge in [-0.1, -0.05) is 34.6 Å². The molecule has 0 aromatic carbocycles. The van der Waals surface area contributed by atoms with Crippen LogP contribution in [0.15, 0.2) is 0 Å². The second-order valence-corrected chi connectivity index (χ2v) is 5.35. The van der Waals surface area contributed by atoms with E-state index in [1.165, 1.54) is 13.1 Å². The van der Waals surface area contributed by atoms with Gasteiger partial charge >= 0.3 is 0 Å². The van der Waals surface area contributed by atoms with Crippen LogP contribution in [0, 0.1) is 17.8 Å². The smallest absolute Gasteiger partial charge is 0.00193 e. The van der Waals surface area contributed by atoms with Gasteiger partial charge in [0, 0.05) is 19.6 Å². The maximum absolute atomic E-state index is 5.66. The van der Waals surface area contributed by atoms with Gasteiger partial charge in [-0.05, 0) is 24.3 Å². The van der Waals surface area contributed by atoms with Crippen molar-refractivity contribution in [1.82, 2.24) is 4.90 Å². The van der Waals surface area contributed by atoms with Gasteiger partial charge in [0.15, 0.2) is 0 Å². The van der Waals surface area contributed by atoms with E-state index in [2.05, 4.69) is 39.5 Å². The van der Waals surface area contributed by atoms with Crippen molar-refractivity contribution in [3.8, 4) is 0 Å². The molecule has 0 aromatic rings. The van der Waals surface area contributed by atoms with Crippen LogP contribution in [-0.2, 0) is 0 Å². The summed E-state index contributed by atoms with van der Waals surface area (Å²) in [6.07, 6.45) is 0. The summed E-state index contributed by atoms with van der Waals surface area (Å²) in [6.45, 7) is 15.7. The highest BCUT2D eigenvalue weighted by molar-refractivity contribution is 4.66. The first-order valence-corrected chi connectivity index (χ1v) is 5.88. The third-order valence-corrected chi connectivity index (χ3v) is 2.22. The van der Waals surface area contributed by atoms with E-state index in [1.54, 1.807) is 0 Å². The maximum Gasteiger partial charge on any atom is 0.00193 e. The van der Waals surface area contributed by atoms with Crippen LogP contribution < -0.4 is 5.73 Å². The van der Waals surface area contributed by atoms with Crippen molar-refractivity contribution >= 4 is 0 Å². The van der Waals surface area contributed by atoms with Gasteiger partial charge in [0.05, 0.1) is 0 Å². The van der Waals surface area contributed by atoms with Gasteiger partial charge in [-0.15, -0.1) is 0 Å². The molecule has 0 aliphatic heterocycles. The molecule has 0 spiro atoms. The molecule has 0 fully saturated rings. The van der Waals surface area contributed by atoms with Gasteiger partial charge in [0.25, 0.3) is 0 Å². The lowest BCUT2D eigenvalue weighted by Crippen LogP contribution is -2.36. The third kappa shape index (κ3) is 7.34.